The summed E-state index contributed by atoms with van der Waals surface area (Å²) in [6, 6.07) is 15.7. The number of nitrogens with zero attached hydrogens (tertiary/aromatic N) is 2. The molecule has 0 saturated carbocycles. The molecule has 0 radical (unpaired) electrons. The molecule has 1 heterocycles. The van der Waals surface area contributed by atoms with Crippen LogP contribution in [-0.4, -0.2) is 23.2 Å². The zero-order valence-corrected chi connectivity index (χ0v) is 12.8. The quantitative estimate of drug-likeness (QED) is 0.763. The maximum Gasteiger partial charge on any atom is 0.339 e. The number of ether oxygens (including phenoxy) is 1. The molecule has 0 aliphatic carbocycles. The number of para-hydroxylation sites is 1. The third-order valence-electron chi connectivity index (χ3n) is 3.56. The van der Waals surface area contributed by atoms with Gasteiger partial charge in [-0.25, -0.2) is 9.78 Å². The van der Waals surface area contributed by atoms with E-state index in [-0.39, 0.29) is 11.4 Å². The minimum atomic E-state index is -1.10. The Morgan fingerprint density at radius 2 is 2.04 bits per heavy atom. The topological polar surface area (TPSA) is 95.2 Å². The van der Waals surface area contributed by atoms with Gasteiger partial charge in [-0.15, -0.1) is 0 Å². The van der Waals surface area contributed by atoms with Crippen molar-refractivity contribution in [1.29, 1.82) is 5.26 Å². The van der Waals surface area contributed by atoms with Crippen LogP contribution < -0.4 is 10.1 Å². The van der Waals surface area contributed by atoms with Gasteiger partial charge in [0, 0.05) is 11.5 Å². The molecule has 1 aromatic heterocycles. The van der Waals surface area contributed by atoms with E-state index in [9.17, 15) is 15.2 Å². The van der Waals surface area contributed by atoms with Gasteiger partial charge in [-0.2, -0.15) is 5.26 Å². The monoisotopic (exact) mass is 319 g/mol. The molecular formula is C18H13N3O3. The van der Waals surface area contributed by atoms with Gasteiger partial charge < -0.3 is 15.2 Å². The lowest BCUT2D eigenvalue weighted by Crippen LogP contribution is -2.06. The summed E-state index contributed by atoms with van der Waals surface area (Å²) in [6.07, 6.45) is 0. The first-order valence-corrected chi connectivity index (χ1v) is 7.10. The second-order valence-corrected chi connectivity index (χ2v) is 5.03. The number of benzene rings is 2. The van der Waals surface area contributed by atoms with E-state index in [0.29, 0.717) is 27.9 Å². The smallest absolute Gasteiger partial charge is 0.339 e. The molecular weight excluding hydrogens is 306 g/mol. The average molecular weight is 319 g/mol. The Labute approximate surface area is 137 Å². The molecule has 24 heavy (non-hydrogen) atoms. The van der Waals surface area contributed by atoms with Gasteiger partial charge in [0.25, 0.3) is 0 Å². The Hall–Kier alpha value is -3.59. The van der Waals surface area contributed by atoms with Crippen molar-refractivity contribution in [2.45, 2.75) is 0 Å². The maximum absolute atomic E-state index is 11.6. The number of hydrogen-bond donors (Lipinski definition) is 2. The Balaban J connectivity index is 2.15. The van der Waals surface area contributed by atoms with E-state index in [1.807, 2.05) is 0 Å². The first kappa shape index (κ1) is 15.3. The summed E-state index contributed by atoms with van der Waals surface area (Å²) < 4.78 is 5.17. The number of aromatic nitrogens is 1. The lowest BCUT2D eigenvalue weighted by Gasteiger charge is -2.12. The average Bonchev–Trinajstić information content (AvgIpc) is 2.60. The molecule has 3 rings (SSSR count). The molecule has 0 atom stereocenters. The fourth-order valence-corrected chi connectivity index (χ4v) is 2.35. The van der Waals surface area contributed by atoms with E-state index in [0.717, 1.165) is 0 Å². The summed E-state index contributed by atoms with van der Waals surface area (Å²) in [5.74, 6) is -0.301. The predicted molar refractivity (Wildman–Crippen MR) is 89.7 cm³/mol. The van der Waals surface area contributed by atoms with Gasteiger partial charge >= 0.3 is 5.97 Å². The Bertz CT molecular complexity index is 977. The summed E-state index contributed by atoms with van der Waals surface area (Å²) >= 11 is 0. The molecule has 0 spiro atoms. The van der Waals surface area contributed by atoms with Crippen LogP contribution in [-0.2, 0) is 0 Å². The van der Waals surface area contributed by atoms with Crippen LogP contribution in [0.5, 0.6) is 5.75 Å². The molecule has 2 aromatic carbocycles. The molecule has 0 amide bonds. The van der Waals surface area contributed by atoms with Gasteiger partial charge in [0.1, 0.15) is 23.2 Å². The van der Waals surface area contributed by atoms with Crippen LogP contribution >= 0.6 is 0 Å². The third-order valence-corrected chi connectivity index (χ3v) is 3.56. The SMILES string of the molecule is COc1ccc2cc(C(=O)O)c(Nc3ccccc3C#N)nc2c1. The minimum absolute atomic E-state index is 0.0282. The van der Waals surface area contributed by atoms with Crippen molar-refractivity contribution in [3.05, 3.63) is 59.7 Å². The Morgan fingerprint density at radius 3 is 2.75 bits per heavy atom. The van der Waals surface area contributed by atoms with E-state index >= 15 is 0 Å². The highest BCUT2D eigenvalue weighted by Crippen LogP contribution is 2.27. The number of aromatic carboxylic acids is 1. The van der Waals surface area contributed by atoms with Crippen LogP contribution in [0.3, 0.4) is 0 Å². The van der Waals surface area contributed by atoms with Crippen molar-refractivity contribution in [2.75, 3.05) is 12.4 Å². The van der Waals surface area contributed by atoms with Crippen LogP contribution in [0.4, 0.5) is 11.5 Å². The summed E-state index contributed by atoms with van der Waals surface area (Å²) in [6.45, 7) is 0. The number of carboxylic acids is 1. The van der Waals surface area contributed by atoms with Gasteiger partial charge in [-0.05, 0) is 30.3 Å². The highest BCUT2D eigenvalue weighted by atomic mass is 16.5. The number of anilines is 2. The number of fused-ring (bicyclic) bond motifs is 1. The first-order chi connectivity index (χ1) is 11.6. The fraction of sp³-hybridized carbons (Fsp3) is 0.0556. The molecule has 0 saturated heterocycles. The highest BCUT2D eigenvalue weighted by molar-refractivity contribution is 5.99. The van der Waals surface area contributed by atoms with E-state index in [1.165, 1.54) is 0 Å². The molecule has 0 fully saturated rings. The number of methoxy groups -OCH3 is 1. The van der Waals surface area contributed by atoms with Crippen LogP contribution in [0.25, 0.3) is 10.9 Å². The first-order valence-electron chi connectivity index (χ1n) is 7.10. The zero-order chi connectivity index (χ0) is 17.1. The van der Waals surface area contributed by atoms with Gasteiger partial charge in [0.15, 0.2) is 0 Å². The summed E-state index contributed by atoms with van der Waals surface area (Å²) in [5, 5.41) is 22.3. The second-order valence-electron chi connectivity index (χ2n) is 5.03. The van der Waals surface area contributed by atoms with Crippen molar-refractivity contribution in [2.24, 2.45) is 0 Å². The number of carboxylic acid groups (broad SMARTS) is 1. The maximum atomic E-state index is 11.6. The number of nitriles is 1. The predicted octanol–water partition coefficient (Wildman–Crippen LogP) is 3.56. The molecule has 0 unspecified atom stereocenters. The normalized spacial score (nSPS) is 10.2. The van der Waals surface area contributed by atoms with Crippen LogP contribution in [0.2, 0.25) is 0 Å². The molecule has 0 bridgehead atoms. The van der Waals surface area contributed by atoms with Crippen molar-refractivity contribution in [1.82, 2.24) is 4.98 Å². The molecule has 6 heteroatoms. The number of rotatable bonds is 4. The minimum Gasteiger partial charge on any atom is -0.497 e. The molecule has 0 aliphatic heterocycles. The number of nitrogens with one attached hydrogen (secondary N) is 1. The fourth-order valence-electron chi connectivity index (χ4n) is 2.35. The van der Waals surface area contributed by atoms with Crippen molar-refractivity contribution in [3.8, 4) is 11.8 Å². The summed E-state index contributed by atoms with van der Waals surface area (Å²) in [7, 11) is 1.55. The molecule has 118 valence electrons. The van der Waals surface area contributed by atoms with Gasteiger partial charge in [0.2, 0.25) is 0 Å². The van der Waals surface area contributed by atoms with Gasteiger partial charge in [-0.3, -0.25) is 0 Å². The van der Waals surface area contributed by atoms with Crippen LogP contribution in [0.1, 0.15) is 15.9 Å². The number of carbonyl (C=O) groups is 1. The van der Waals surface area contributed by atoms with E-state index < -0.39 is 5.97 Å². The van der Waals surface area contributed by atoms with E-state index in [1.54, 1.807) is 55.6 Å². The lowest BCUT2D eigenvalue weighted by atomic mass is 10.1. The molecule has 6 nitrogen and oxygen atoms in total. The number of pyridine rings is 1. The third kappa shape index (κ3) is 2.83. The zero-order valence-electron chi connectivity index (χ0n) is 12.8. The molecule has 3 aromatic rings. The summed E-state index contributed by atoms with van der Waals surface area (Å²) in [5.41, 5.74) is 1.52. The largest absolute Gasteiger partial charge is 0.497 e. The highest BCUT2D eigenvalue weighted by Gasteiger charge is 2.15. The van der Waals surface area contributed by atoms with E-state index in [2.05, 4.69) is 16.4 Å². The van der Waals surface area contributed by atoms with E-state index in [4.69, 9.17) is 4.74 Å². The van der Waals surface area contributed by atoms with Crippen molar-refractivity contribution in [3.63, 3.8) is 0 Å². The number of hydrogen-bond acceptors (Lipinski definition) is 5. The van der Waals surface area contributed by atoms with Crippen molar-refractivity contribution < 1.29 is 14.6 Å². The van der Waals surface area contributed by atoms with Crippen molar-refractivity contribution >= 4 is 28.4 Å². The molecule has 2 N–H and O–H groups in total. The van der Waals surface area contributed by atoms with Crippen LogP contribution in [0, 0.1) is 11.3 Å². The Kier molecular flexibility index (Phi) is 4.00. The molecule has 0 aliphatic rings. The lowest BCUT2D eigenvalue weighted by molar-refractivity contribution is 0.0698. The van der Waals surface area contributed by atoms with Gasteiger partial charge in [-0.1, -0.05) is 12.1 Å². The van der Waals surface area contributed by atoms with Crippen LogP contribution in [0.15, 0.2) is 48.5 Å². The second kappa shape index (κ2) is 6.26. The summed E-state index contributed by atoms with van der Waals surface area (Å²) in [4.78, 5) is 16.0. The standard InChI is InChI=1S/C18H13N3O3/c1-24-13-7-6-11-8-14(18(22)23)17(21-16(11)9-13)20-15-5-3-2-4-12(15)10-19/h2-9H,1H3,(H,20,21)(H,22,23). The Morgan fingerprint density at radius 1 is 1.25 bits per heavy atom. The van der Waals surface area contributed by atoms with Gasteiger partial charge in [0.05, 0.1) is 23.9 Å².